The summed E-state index contributed by atoms with van der Waals surface area (Å²) >= 11 is 11.7. The number of nitrogens with zero attached hydrogens (tertiary/aromatic N) is 2. The quantitative estimate of drug-likeness (QED) is 0.246. The molecule has 0 bridgehead atoms. The van der Waals surface area contributed by atoms with Crippen molar-refractivity contribution in [2.24, 2.45) is 0 Å². The number of hydrogen-bond donors (Lipinski definition) is 4. The molecule has 0 heterocycles. The molecule has 3 rings (SSSR count). The summed E-state index contributed by atoms with van der Waals surface area (Å²) < 4.78 is 0. The second-order valence-corrected chi connectivity index (χ2v) is 7.73. The van der Waals surface area contributed by atoms with Crippen molar-refractivity contribution in [3.63, 3.8) is 0 Å². The van der Waals surface area contributed by atoms with E-state index in [2.05, 4.69) is 16.0 Å². The number of aliphatic hydroxyl groups is 1. The number of urea groups is 2. The maximum Gasteiger partial charge on any atom is 0.326 e. The van der Waals surface area contributed by atoms with Gasteiger partial charge in [-0.2, -0.15) is 0 Å². The van der Waals surface area contributed by atoms with Crippen LogP contribution in [0.15, 0.2) is 66.7 Å². The van der Waals surface area contributed by atoms with Crippen molar-refractivity contribution in [1.82, 2.24) is 0 Å². The van der Waals surface area contributed by atoms with Crippen molar-refractivity contribution < 1.29 is 19.6 Å². The van der Waals surface area contributed by atoms with E-state index < -0.39 is 23.6 Å². The molecular formula is C22H19Cl2N5O5. The van der Waals surface area contributed by atoms with Gasteiger partial charge >= 0.3 is 12.1 Å². The second-order valence-electron chi connectivity index (χ2n) is 6.86. The van der Waals surface area contributed by atoms with Crippen molar-refractivity contribution >= 4 is 63.7 Å². The Balaban J connectivity index is 1.89. The minimum Gasteiger partial charge on any atom is -0.395 e. The molecule has 0 spiro atoms. The number of nitro groups is 1. The highest BCUT2D eigenvalue weighted by atomic mass is 35.5. The van der Waals surface area contributed by atoms with Gasteiger partial charge in [-0.1, -0.05) is 23.2 Å². The van der Waals surface area contributed by atoms with Crippen LogP contribution in [0.5, 0.6) is 0 Å². The molecule has 0 fully saturated rings. The zero-order valence-electron chi connectivity index (χ0n) is 17.5. The molecule has 0 saturated carbocycles. The third-order valence-corrected chi connectivity index (χ3v) is 5.00. The third kappa shape index (κ3) is 6.58. The molecule has 0 aliphatic rings. The van der Waals surface area contributed by atoms with Crippen LogP contribution in [0.3, 0.4) is 0 Å². The summed E-state index contributed by atoms with van der Waals surface area (Å²) in [5, 5.41) is 29.5. The van der Waals surface area contributed by atoms with Gasteiger partial charge in [0.1, 0.15) is 0 Å². The number of rotatable bonds is 7. The topological polar surface area (TPSA) is 137 Å². The van der Waals surface area contributed by atoms with Crippen LogP contribution in [0.2, 0.25) is 10.0 Å². The molecule has 0 saturated heterocycles. The van der Waals surface area contributed by atoms with Crippen LogP contribution < -0.4 is 20.9 Å². The molecule has 34 heavy (non-hydrogen) atoms. The third-order valence-electron chi connectivity index (χ3n) is 4.50. The monoisotopic (exact) mass is 503 g/mol. The SMILES string of the molecule is O=C(Nc1ccc(Cl)cc1)Nc1cc([N+](=O)[O-])ccc1N(CCO)C(=O)Nc1ccc(Cl)cc1. The maximum atomic E-state index is 13.0. The first kappa shape index (κ1) is 24.8. The van der Waals surface area contributed by atoms with Gasteiger partial charge in [-0.05, 0) is 54.6 Å². The zero-order valence-corrected chi connectivity index (χ0v) is 19.0. The van der Waals surface area contributed by atoms with Crippen LogP contribution in [0.1, 0.15) is 0 Å². The largest absolute Gasteiger partial charge is 0.395 e. The molecule has 0 unspecified atom stereocenters. The number of halogens is 2. The van der Waals surface area contributed by atoms with E-state index in [-0.39, 0.29) is 23.6 Å². The lowest BCUT2D eigenvalue weighted by Crippen LogP contribution is -2.38. The van der Waals surface area contributed by atoms with Crippen LogP contribution in [-0.4, -0.2) is 35.2 Å². The smallest absolute Gasteiger partial charge is 0.326 e. The van der Waals surface area contributed by atoms with E-state index in [0.717, 1.165) is 11.0 Å². The number of carbonyl (C=O) groups is 2. The number of amides is 4. The summed E-state index contributed by atoms with van der Waals surface area (Å²) in [4.78, 5) is 37.3. The van der Waals surface area contributed by atoms with Gasteiger partial charge in [-0.3, -0.25) is 15.0 Å². The highest BCUT2D eigenvalue weighted by Crippen LogP contribution is 2.31. The number of hydrogen-bond acceptors (Lipinski definition) is 5. The van der Waals surface area contributed by atoms with E-state index in [4.69, 9.17) is 23.2 Å². The first-order chi connectivity index (χ1) is 16.3. The molecule has 3 aromatic rings. The van der Waals surface area contributed by atoms with E-state index in [9.17, 15) is 24.8 Å². The molecule has 0 aromatic heterocycles. The number of nitrogens with one attached hydrogen (secondary N) is 3. The number of anilines is 4. The van der Waals surface area contributed by atoms with E-state index in [1.807, 2.05) is 0 Å². The minimum absolute atomic E-state index is 0.0135. The van der Waals surface area contributed by atoms with Crippen LogP contribution >= 0.6 is 23.2 Å². The fourth-order valence-electron chi connectivity index (χ4n) is 2.95. The highest BCUT2D eigenvalue weighted by molar-refractivity contribution is 6.31. The van der Waals surface area contributed by atoms with Gasteiger partial charge in [0, 0.05) is 33.6 Å². The van der Waals surface area contributed by atoms with Crippen LogP contribution in [-0.2, 0) is 0 Å². The number of benzene rings is 3. The average molecular weight is 504 g/mol. The van der Waals surface area contributed by atoms with Crippen LogP contribution in [0.4, 0.5) is 38.0 Å². The van der Waals surface area contributed by atoms with Crippen LogP contribution in [0, 0.1) is 10.1 Å². The molecule has 12 heteroatoms. The lowest BCUT2D eigenvalue weighted by atomic mass is 10.2. The Hall–Kier alpha value is -3.86. The molecular weight excluding hydrogens is 485 g/mol. The Morgan fingerprint density at radius 2 is 1.44 bits per heavy atom. The Labute approximate surface area is 204 Å². The highest BCUT2D eigenvalue weighted by Gasteiger charge is 2.22. The fraction of sp³-hybridized carbons (Fsp3) is 0.0909. The molecule has 10 nitrogen and oxygen atoms in total. The Morgan fingerprint density at radius 1 is 0.882 bits per heavy atom. The predicted molar refractivity (Wildman–Crippen MR) is 132 cm³/mol. The Morgan fingerprint density at radius 3 is 1.97 bits per heavy atom. The average Bonchev–Trinajstić information content (AvgIpc) is 2.80. The van der Waals surface area contributed by atoms with Gasteiger partial charge in [0.05, 0.1) is 29.4 Å². The summed E-state index contributed by atoms with van der Waals surface area (Å²) in [5.74, 6) is 0. The molecule has 0 atom stereocenters. The number of carbonyl (C=O) groups excluding carboxylic acids is 2. The van der Waals surface area contributed by atoms with Gasteiger partial charge in [-0.15, -0.1) is 0 Å². The van der Waals surface area contributed by atoms with E-state index in [1.165, 1.54) is 12.1 Å². The van der Waals surface area contributed by atoms with Gasteiger partial charge in [0.25, 0.3) is 5.69 Å². The van der Waals surface area contributed by atoms with Crippen molar-refractivity contribution in [3.8, 4) is 0 Å². The number of aliphatic hydroxyl groups excluding tert-OH is 1. The minimum atomic E-state index is -0.703. The summed E-state index contributed by atoms with van der Waals surface area (Å²) in [6, 6.07) is 15.0. The Kier molecular flexibility index (Phi) is 8.25. The summed E-state index contributed by atoms with van der Waals surface area (Å²) in [7, 11) is 0. The summed E-state index contributed by atoms with van der Waals surface area (Å²) in [6.45, 7) is -0.549. The van der Waals surface area contributed by atoms with Gasteiger partial charge in [0.15, 0.2) is 0 Å². The van der Waals surface area contributed by atoms with Crippen molar-refractivity contribution in [2.45, 2.75) is 0 Å². The van der Waals surface area contributed by atoms with E-state index in [0.29, 0.717) is 21.4 Å². The molecule has 0 radical (unpaired) electrons. The van der Waals surface area contributed by atoms with Crippen molar-refractivity contribution in [3.05, 3.63) is 86.9 Å². The molecule has 0 aliphatic heterocycles. The number of nitro benzene ring substituents is 1. The standard InChI is InChI=1S/C22H19Cl2N5O5/c23-14-1-5-16(6-2-14)25-21(31)27-19-13-18(29(33)34)9-10-20(19)28(11-12-30)22(32)26-17-7-3-15(24)4-8-17/h1-10,13,30H,11-12H2,(H,26,32)(H2,25,27,31). The molecule has 176 valence electrons. The molecule has 4 N–H and O–H groups in total. The first-order valence-electron chi connectivity index (χ1n) is 9.84. The number of non-ortho nitro benzene ring substituents is 1. The predicted octanol–water partition coefficient (Wildman–Crippen LogP) is 5.58. The second kappa shape index (κ2) is 11.3. The van der Waals surface area contributed by atoms with Gasteiger partial charge in [0.2, 0.25) is 0 Å². The summed E-state index contributed by atoms with van der Waals surface area (Å²) in [6.07, 6.45) is 0. The lowest BCUT2D eigenvalue weighted by molar-refractivity contribution is -0.384. The normalized spacial score (nSPS) is 10.3. The maximum absolute atomic E-state index is 13.0. The summed E-state index contributed by atoms with van der Waals surface area (Å²) in [5.41, 5.74) is 0.696. The van der Waals surface area contributed by atoms with Crippen molar-refractivity contribution in [2.75, 3.05) is 34.0 Å². The van der Waals surface area contributed by atoms with E-state index in [1.54, 1.807) is 48.5 Å². The zero-order chi connectivity index (χ0) is 24.7. The molecule has 3 aromatic carbocycles. The molecule has 0 aliphatic carbocycles. The van der Waals surface area contributed by atoms with Gasteiger partial charge in [-0.25, -0.2) is 9.59 Å². The van der Waals surface area contributed by atoms with E-state index >= 15 is 0 Å². The van der Waals surface area contributed by atoms with Gasteiger partial charge < -0.3 is 21.1 Å². The lowest BCUT2D eigenvalue weighted by Gasteiger charge is -2.25. The first-order valence-corrected chi connectivity index (χ1v) is 10.6. The van der Waals surface area contributed by atoms with Crippen LogP contribution in [0.25, 0.3) is 0 Å². The fourth-order valence-corrected chi connectivity index (χ4v) is 3.20. The van der Waals surface area contributed by atoms with Crippen molar-refractivity contribution in [1.29, 1.82) is 0 Å². The molecule has 4 amide bonds. The Bertz CT molecular complexity index is 1190.